The van der Waals surface area contributed by atoms with Gasteiger partial charge in [0.1, 0.15) is 4.87 Å². The monoisotopic (exact) mass is 196 g/mol. The van der Waals surface area contributed by atoms with Crippen LogP contribution >= 0.6 is 23.2 Å². The highest BCUT2D eigenvalue weighted by Crippen LogP contribution is 2.33. The Hall–Kier alpha value is 0.210. The van der Waals surface area contributed by atoms with Crippen molar-refractivity contribution in [1.82, 2.24) is 0 Å². The Morgan fingerprint density at radius 1 is 1.73 bits per heavy atom. The molecule has 0 amide bonds. The van der Waals surface area contributed by atoms with Crippen molar-refractivity contribution in [2.45, 2.75) is 30.7 Å². The zero-order valence-corrected chi connectivity index (χ0v) is 7.78. The summed E-state index contributed by atoms with van der Waals surface area (Å²) in [5.74, 6) is 0. The van der Waals surface area contributed by atoms with E-state index in [0.717, 1.165) is 0 Å². The number of ether oxygens (including phenoxy) is 1. The first kappa shape index (κ1) is 9.30. The van der Waals surface area contributed by atoms with Crippen molar-refractivity contribution < 1.29 is 9.53 Å². The molecule has 1 aliphatic heterocycles. The summed E-state index contributed by atoms with van der Waals surface area (Å²) in [7, 11) is 0. The molecule has 0 bridgehead atoms. The molecule has 0 aromatic heterocycles. The van der Waals surface area contributed by atoms with Crippen molar-refractivity contribution in [3.8, 4) is 0 Å². The molecule has 0 N–H and O–H groups in total. The lowest BCUT2D eigenvalue weighted by Crippen LogP contribution is -2.39. The van der Waals surface area contributed by atoms with E-state index in [1.807, 2.05) is 6.92 Å². The SMILES string of the molecule is CC1CC(Cl)(C(=O)Cl)CCO1. The highest BCUT2D eigenvalue weighted by molar-refractivity contribution is 6.70. The molecule has 0 saturated carbocycles. The summed E-state index contributed by atoms with van der Waals surface area (Å²) >= 11 is 11.3. The van der Waals surface area contributed by atoms with Crippen molar-refractivity contribution in [2.24, 2.45) is 0 Å². The summed E-state index contributed by atoms with van der Waals surface area (Å²) in [6, 6.07) is 0. The number of halogens is 2. The van der Waals surface area contributed by atoms with Crippen LogP contribution in [0.1, 0.15) is 19.8 Å². The third-order valence-electron chi connectivity index (χ3n) is 1.86. The molecule has 2 atom stereocenters. The summed E-state index contributed by atoms with van der Waals surface area (Å²) in [5.41, 5.74) is 0. The lowest BCUT2D eigenvalue weighted by Gasteiger charge is -2.31. The molecule has 2 unspecified atom stereocenters. The fourth-order valence-electron chi connectivity index (χ4n) is 1.22. The second kappa shape index (κ2) is 3.30. The Bertz CT molecular complexity index is 172. The number of carbonyl (C=O) groups excluding carboxylic acids is 1. The van der Waals surface area contributed by atoms with E-state index < -0.39 is 10.1 Å². The molecule has 11 heavy (non-hydrogen) atoms. The highest BCUT2D eigenvalue weighted by Gasteiger charge is 2.39. The zero-order valence-electron chi connectivity index (χ0n) is 6.27. The second-order valence-electron chi connectivity index (χ2n) is 2.87. The fraction of sp³-hybridized carbons (Fsp3) is 0.857. The molecule has 4 heteroatoms. The molecule has 2 nitrogen and oxygen atoms in total. The molecule has 1 rings (SSSR count). The molecule has 1 aliphatic rings. The van der Waals surface area contributed by atoms with E-state index in [0.29, 0.717) is 19.4 Å². The molecule has 1 saturated heterocycles. The van der Waals surface area contributed by atoms with Crippen molar-refractivity contribution in [3.63, 3.8) is 0 Å². The molecule has 0 spiro atoms. The van der Waals surface area contributed by atoms with Gasteiger partial charge in [-0.2, -0.15) is 0 Å². The van der Waals surface area contributed by atoms with Crippen LogP contribution < -0.4 is 0 Å². The lowest BCUT2D eigenvalue weighted by molar-refractivity contribution is -0.117. The van der Waals surface area contributed by atoms with Crippen LogP contribution in [0.5, 0.6) is 0 Å². The maximum Gasteiger partial charge on any atom is 0.242 e. The minimum atomic E-state index is -0.876. The van der Waals surface area contributed by atoms with Gasteiger partial charge in [-0.1, -0.05) is 0 Å². The lowest BCUT2D eigenvalue weighted by atomic mass is 9.97. The molecule has 0 radical (unpaired) electrons. The van der Waals surface area contributed by atoms with Gasteiger partial charge in [-0.05, 0) is 24.9 Å². The largest absolute Gasteiger partial charge is 0.378 e. The van der Waals surface area contributed by atoms with Gasteiger partial charge in [0, 0.05) is 13.0 Å². The summed E-state index contributed by atoms with van der Waals surface area (Å²) in [5, 5.41) is -0.464. The maximum absolute atomic E-state index is 10.8. The molecule has 64 valence electrons. The maximum atomic E-state index is 10.8. The third kappa shape index (κ3) is 2.08. The minimum absolute atomic E-state index is 0.0314. The van der Waals surface area contributed by atoms with E-state index in [1.165, 1.54) is 0 Å². The van der Waals surface area contributed by atoms with Gasteiger partial charge in [0.05, 0.1) is 6.10 Å². The van der Waals surface area contributed by atoms with Gasteiger partial charge in [-0.25, -0.2) is 0 Å². The summed E-state index contributed by atoms with van der Waals surface area (Å²) in [6.07, 6.45) is 1.06. The predicted molar refractivity (Wildman–Crippen MR) is 44.1 cm³/mol. The van der Waals surface area contributed by atoms with Gasteiger partial charge in [0.2, 0.25) is 5.24 Å². The van der Waals surface area contributed by atoms with Gasteiger partial charge in [-0.3, -0.25) is 4.79 Å². The van der Waals surface area contributed by atoms with Crippen LogP contribution in [0.2, 0.25) is 0 Å². The van der Waals surface area contributed by atoms with Crippen molar-refractivity contribution in [1.29, 1.82) is 0 Å². The van der Waals surface area contributed by atoms with Crippen LogP contribution in [0.3, 0.4) is 0 Å². The number of hydrogen-bond acceptors (Lipinski definition) is 2. The van der Waals surface area contributed by atoms with Gasteiger partial charge < -0.3 is 4.74 Å². The Kier molecular flexibility index (Phi) is 2.79. The third-order valence-corrected chi connectivity index (χ3v) is 2.84. The zero-order chi connectivity index (χ0) is 8.48. The van der Waals surface area contributed by atoms with E-state index in [9.17, 15) is 4.79 Å². The Balaban J connectivity index is 2.63. The molecule has 0 aromatic rings. The van der Waals surface area contributed by atoms with Crippen LogP contribution in [0.4, 0.5) is 0 Å². The van der Waals surface area contributed by atoms with E-state index in [4.69, 9.17) is 27.9 Å². The van der Waals surface area contributed by atoms with Gasteiger partial charge in [0.25, 0.3) is 0 Å². The highest BCUT2D eigenvalue weighted by atomic mass is 35.5. The van der Waals surface area contributed by atoms with Crippen molar-refractivity contribution >= 4 is 28.4 Å². The minimum Gasteiger partial charge on any atom is -0.378 e. The second-order valence-corrected chi connectivity index (χ2v) is 3.94. The average molecular weight is 197 g/mol. The molecular weight excluding hydrogens is 187 g/mol. The molecule has 0 aromatic carbocycles. The predicted octanol–water partition coefficient (Wildman–Crippen LogP) is 1.93. The average Bonchev–Trinajstić information content (AvgIpc) is 1.86. The topological polar surface area (TPSA) is 26.3 Å². The first-order valence-electron chi connectivity index (χ1n) is 3.55. The standard InChI is InChI=1S/C7H10Cl2O2/c1-5-4-7(9,6(8)10)2-3-11-5/h5H,2-4H2,1H3. The first-order valence-corrected chi connectivity index (χ1v) is 4.31. The van der Waals surface area contributed by atoms with Crippen LogP contribution in [-0.2, 0) is 9.53 Å². The summed E-state index contributed by atoms with van der Waals surface area (Å²) in [6.45, 7) is 2.40. The number of rotatable bonds is 1. The van der Waals surface area contributed by atoms with E-state index in [-0.39, 0.29) is 6.10 Å². The number of carbonyl (C=O) groups is 1. The Labute approximate surface area is 75.8 Å². The summed E-state index contributed by atoms with van der Waals surface area (Å²) < 4.78 is 5.23. The Morgan fingerprint density at radius 2 is 2.36 bits per heavy atom. The molecule has 1 fully saturated rings. The normalized spacial score (nSPS) is 38.6. The van der Waals surface area contributed by atoms with Crippen LogP contribution in [0, 0.1) is 0 Å². The number of alkyl halides is 1. The molecular formula is C7H10Cl2O2. The number of hydrogen-bond donors (Lipinski definition) is 0. The summed E-state index contributed by atoms with van der Waals surface area (Å²) in [4.78, 5) is 9.97. The fourth-order valence-corrected chi connectivity index (χ4v) is 1.68. The van der Waals surface area contributed by atoms with Crippen LogP contribution in [-0.4, -0.2) is 22.8 Å². The first-order chi connectivity index (χ1) is 5.04. The molecule has 0 aliphatic carbocycles. The molecule has 1 heterocycles. The van der Waals surface area contributed by atoms with E-state index in [1.54, 1.807) is 0 Å². The van der Waals surface area contributed by atoms with E-state index in [2.05, 4.69) is 0 Å². The van der Waals surface area contributed by atoms with Crippen molar-refractivity contribution in [2.75, 3.05) is 6.61 Å². The van der Waals surface area contributed by atoms with Gasteiger partial charge in [-0.15, -0.1) is 11.6 Å². The van der Waals surface area contributed by atoms with Gasteiger partial charge >= 0.3 is 0 Å². The van der Waals surface area contributed by atoms with Crippen LogP contribution in [0.15, 0.2) is 0 Å². The Morgan fingerprint density at radius 3 is 2.73 bits per heavy atom. The van der Waals surface area contributed by atoms with E-state index >= 15 is 0 Å². The van der Waals surface area contributed by atoms with Crippen molar-refractivity contribution in [3.05, 3.63) is 0 Å². The smallest absolute Gasteiger partial charge is 0.242 e. The quantitative estimate of drug-likeness (QED) is 0.474. The van der Waals surface area contributed by atoms with Gasteiger partial charge in [0.15, 0.2) is 0 Å². The van der Waals surface area contributed by atoms with Crippen LogP contribution in [0.25, 0.3) is 0 Å².